The summed E-state index contributed by atoms with van der Waals surface area (Å²) in [5, 5.41) is 7.55. The van der Waals surface area contributed by atoms with Gasteiger partial charge in [-0.25, -0.2) is 9.48 Å². The number of nitrogens with zero attached hydrogens (tertiary/aromatic N) is 3. The van der Waals surface area contributed by atoms with Gasteiger partial charge in [0.25, 0.3) is 0 Å². The Bertz CT molecular complexity index is 1080. The quantitative estimate of drug-likeness (QED) is 0.429. The predicted octanol–water partition coefficient (Wildman–Crippen LogP) is 4.49. The molecule has 0 fully saturated rings. The van der Waals surface area contributed by atoms with Crippen molar-refractivity contribution in [3.05, 3.63) is 83.3 Å². The van der Waals surface area contributed by atoms with Crippen LogP contribution >= 0.6 is 0 Å². The summed E-state index contributed by atoms with van der Waals surface area (Å²) >= 11 is 0. The maximum atomic E-state index is 13.2. The van der Waals surface area contributed by atoms with Crippen LogP contribution in [0.3, 0.4) is 0 Å². The van der Waals surface area contributed by atoms with E-state index in [2.05, 4.69) is 22.3 Å². The standard InChI is InChI=1S/C24H26N4O3/c1-3-4-14-30-20-13-9-8-12-19(20)22-21(17(2)27-24-25-16-26-28(22)24)23(29)31-15-18-10-6-5-7-11-18/h5-13,16,22H,3-4,14-15H2,1-2H3,(H,25,26,27). The van der Waals surface area contributed by atoms with Crippen molar-refractivity contribution in [1.82, 2.24) is 14.8 Å². The van der Waals surface area contributed by atoms with Crippen LogP contribution < -0.4 is 10.1 Å². The minimum atomic E-state index is -0.500. The number of hydrogen-bond acceptors (Lipinski definition) is 6. The summed E-state index contributed by atoms with van der Waals surface area (Å²) in [5.74, 6) is 0.902. The Morgan fingerprint density at radius 1 is 1.13 bits per heavy atom. The van der Waals surface area contributed by atoms with Crippen LogP contribution in [0.25, 0.3) is 0 Å². The zero-order chi connectivity index (χ0) is 21.6. The highest BCUT2D eigenvalue weighted by Crippen LogP contribution is 2.39. The molecule has 160 valence electrons. The Kier molecular flexibility index (Phi) is 6.31. The second-order valence-corrected chi connectivity index (χ2v) is 7.40. The molecule has 0 aliphatic carbocycles. The summed E-state index contributed by atoms with van der Waals surface area (Å²) in [6, 6.07) is 16.9. The van der Waals surface area contributed by atoms with Gasteiger partial charge in [-0.2, -0.15) is 10.1 Å². The van der Waals surface area contributed by atoms with Crippen LogP contribution in [0.1, 0.15) is 43.9 Å². The van der Waals surface area contributed by atoms with Crippen LogP contribution in [0.15, 0.2) is 72.2 Å². The molecule has 0 radical (unpaired) electrons. The average Bonchev–Trinajstić information content (AvgIpc) is 3.26. The Labute approximate surface area is 181 Å². The zero-order valence-corrected chi connectivity index (χ0v) is 17.7. The van der Waals surface area contributed by atoms with Gasteiger partial charge in [-0.3, -0.25) is 0 Å². The summed E-state index contributed by atoms with van der Waals surface area (Å²) in [7, 11) is 0. The molecule has 0 bridgehead atoms. The fraction of sp³-hybridized carbons (Fsp3) is 0.292. The second kappa shape index (κ2) is 9.47. The Morgan fingerprint density at radius 3 is 2.71 bits per heavy atom. The minimum Gasteiger partial charge on any atom is -0.493 e. The normalized spacial score (nSPS) is 15.2. The van der Waals surface area contributed by atoms with Crippen molar-refractivity contribution in [3.8, 4) is 5.75 Å². The van der Waals surface area contributed by atoms with E-state index in [0.29, 0.717) is 23.8 Å². The lowest BCUT2D eigenvalue weighted by atomic mass is 9.95. The molecule has 1 aliphatic rings. The van der Waals surface area contributed by atoms with Crippen molar-refractivity contribution < 1.29 is 14.3 Å². The molecule has 1 aliphatic heterocycles. The number of allylic oxidation sites excluding steroid dienone is 1. The topological polar surface area (TPSA) is 78.3 Å². The minimum absolute atomic E-state index is 0.196. The number of ether oxygens (including phenoxy) is 2. The number of rotatable bonds is 8. The number of anilines is 1. The van der Waals surface area contributed by atoms with Crippen LogP contribution in [0.5, 0.6) is 5.75 Å². The van der Waals surface area contributed by atoms with Crippen molar-refractivity contribution in [2.75, 3.05) is 11.9 Å². The Morgan fingerprint density at radius 2 is 1.90 bits per heavy atom. The van der Waals surface area contributed by atoms with Gasteiger partial charge in [0, 0.05) is 11.3 Å². The number of aromatic nitrogens is 3. The van der Waals surface area contributed by atoms with Crippen molar-refractivity contribution in [2.24, 2.45) is 0 Å². The molecule has 4 rings (SSSR count). The van der Waals surface area contributed by atoms with Gasteiger partial charge in [0.2, 0.25) is 5.95 Å². The van der Waals surface area contributed by atoms with Gasteiger partial charge in [0.1, 0.15) is 24.7 Å². The van der Waals surface area contributed by atoms with Crippen LogP contribution in [0, 0.1) is 0 Å². The van der Waals surface area contributed by atoms with Gasteiger partial charge in [0.15, 0.2) is 0 Å². The molecule has 3 aromatic rings. The Hall–Kier alpha value is -3.61. The lowest BCUT2D eigenvalue weighted by Crippen LogP contribution is -2.30. The molecule has 0 saturated heterocycles. The van der Waals surface area contributed by atoms with Gasteiger partial charge in [-0.05, 0) is 25.0 Å². The maximum Gasteiger partial charge on any atom is 0.338 e. The number of fused-ring (bicyclic) bond motifs is 1. The van der Waals surface area contributed by atoms with Crippen molar-refractivity contribution in [1.29, 1.82) is 0 Å². The first-order valence-corrected chi connectivity index (χ1v) is 10.5. The van der Waals surface area contributed by atoms with Crippen molar-refractivity contribution in [3.63, 3.8) is 0 Å². The van der Waals surface area contributed by atoms with Crippen molar-refractivity contribution >= 4 is 11.9 Å². The van der Waals surface area contributed by atoms with E-state index in [-0.39, 0.29) is 6.61 Å². The third-order valence-electron chi connectivity index (χ3n) is 5.20. The lowest BCUT2D eigenvalue weighted by Gasteiger charge is -2.29. The number of nitrogens with one attached hydrogen (secondary N) is 1. The van der Waals surface area contributed by atoms with Crippen LogP contribution in [0.4, 0.5) is 5.95 Å². The van der Waals surface area contributed by atoms with Crippen LogP contribution in [-0.4, -0.2) is 27.3 Å². The molecule has 0 amide bonds. The van der Waals surface area contributed by atoms with Gasteiger partial charge in [0.05, 0.1) is 12.2 Å². The van der Waals surface area contributed by atoms with Gasteiger partial charge >= 0.3 is 5.97 Å². The molecule has 1 aromatic heterocycles. The molecular weight excluding hydrogens is 392 g/mol. The summed E-state index contributed by atoms with van der Waals surface area (Å²) in [6.45, 7) is 4.78. The van der Waals surface area contributed by atoms with E-state index in [4.69, 9.17) is 9.47 Å². The van der Waals surface area contributed by atoms with Crippen LogP contribution in [-0.2, 0) is 16.1 Å². The fourth-order valence-electron chi connectivity index (χ4n) is 3.61. The summed E-state index contributed by atoms with van der Waals surface area (Å²) in [6.07, 6.45) is 3.47. The smallest absolute Gasteiger partial charge is 0.338 e. The number of para-hydroxylation sites is 1. The first-order chi connectivity index (χ1) is 15.2. The van der Waals surface area contributed by atoms with Gasteiger partial charge in [-0.1, -0.05) is 61.9 Å². The van der Waals surface area contributed by atoms with E-state index in [0.717, 1.165) is 29.7 Å². The average molecular weight is 418 g/mol. The molecule has 0 saturated carbocycles. The highest BCUT2D eigenvalue weighted by Gasteiger charge is 2.36. The highest BCUT2D eigenvalue weighted by molar-refractivity contribution is 5.92. The number of hydrogen-bond donors (Lipinski definition) is 1. The van der Waals surface area contributed by atoms with Gasteiger partial charge < -0.3 is 14.8 Å². The first-order valence-electron chi connectivity index (χ1n) is 10.5. The largest absolute Gasteiger partial charge is 0.493 e. The maximum absolute atomic E-state index is 13.2. The van der Waals surface area contributed by atoms with E-state index in [1.165, 1.54) is 6.33 Å². The molecule has 0 spiro atoms. The summed E-state index contributed by atoms with van der Waals surface area (Å²) < 4.78 is 13.4. The Balaban J connectivity index is 1.68. The number of carbonyl (C=O) groups excluding carboxylic acids is 1. The molecule has 7 nitrogen and oxygen atoms in total. The third-order valence-corrected chi connectivity index (χ3v) is 5.20. The van der Waals surface area contributed by atoms with Crippen LogP contribution in [0.2, 0.25) is 0 Å². The number of benzene rings is 2. The number of esters is 1. The second-order valence-electron chi connectivity index (χ2n) is 7.40. The molecule has 1 atom stereocenters. The van der Waals surface area contributed by atoms with E-state index in [1.54, 1.807) is 4.68 Å². The fourth-order valence-corrected chi connectivity index (χ4v) is 3.61. The molecule has 1 N–H and O–H groups in total. The summed E-state index contributed by atoms with van der Waals surface area (Å²) in [4.78, 5) is 17.5. The highest BCUT2D eigenvalue weighted by atomic mass is 16.5. The molecule has 2 aromatic carbocycles. The first kappa shape index (κ1) is 20.7. The predicted molar refractivity (Wildman–Crippen MR) is 118 cm³/mol. The molecule has 7 heteroatoms. The SMILES string of the molecule is CCCCOc1ccccc1C1C(C(=O)OCc2ccccc2)=C(C)Nc2ncnn21. The molecule has 2 heterocycles. The van der Waals surface area contributed by atoms with E-state index < -0.39 is 12.0 Å². The van der Waals surface area contributed by atoms with E-state index in [1.807, 2.05) is 61.5 Å². The summed E-state index contributed by atoms with van der Waals surface area (Å²) in [5.41, 5.74) is 2.95. The molecular formula is C24H26N4O3. The molecule has 31 heavy (non-hydrogen) atoms. The molecule has 1 unspecified atom stereocenters. The van der Waals surface area contributed by atoms with Crippen molar-refractivity contribution in [2.45, 2.75) is 39.3 Å². The number of unbranched alkanes of at least 4 members (excludes halogenated alkanes) is 1. The van der Waals surface area contributed by atoms with Gasteiger partial charge in [-0.15, -0.1) is 0 Å². The van der Waals surface area contributed by atoms with E-state index >= 15 is 0 Å². The van der Waals surface area contributed by atoms with E-state index in [9.17, 15) is 4.79 Å². The lowest BCUT2D eigenvalue weighted by molar-refractivity contribution is -0.140. The third kappa shape index (κ3) is 4.45. The zero-order valence-electron chi connectivity index (χ0n) is 17.7. The monoisotopic (exact) mass is 418 g/mol. The number of carbonyl (C=O) groups is 1.